The average Bonchev–Trinajstić information content (AvgIpc) is 3.22. The molecule has 0 radical (unpaired) electrons. The van der Waals surface area contributed by atoms with Crippen LogP contribution in [0.15, 0.2) is 65.7 Å². The largest absolute Gasteiger partial charge is 0.372 e. The summed E-state index contributed by atoms with van der Waals surface area (Å²) in [6.07, 6.45) is 0. The van der Waals surface area contributed by atoms with Gasteiger partial charge in [0.05, 0.1) is 11.3 Å². The van der Waals surface area contributed by atoms with E-state index in [0.29, 0.717) is 17.1 Å². The van der Waals surface area contributed by atoms with Gasteiger partial charge in [0.2, 0.25) is 11.4 Å². The number of carbonyl (C=O) groups is 1. The van der Waals surface area contributed by atoms with Gasteiger partial charge in [-0.25, -0.2) is 0 Å². The van der Waals surface area contributed by atoms with Crippen LogP contribution in [-0.4, -0.2) is 28.2 Å². The molecule has 0 saturated heterocycles. The number of likely N-dealkylation sites (N-methyl/N-ethyl adjacent to an activating group) is 1. The van der Waals surface area contributed by atoms with Crippen molar-refractivity contribution in [3.63, 3.8) is 0 Å². The van der Waals surface area contributed by atoms with Crippen molar-refractivity contribution in [1.82, 2.24) is 10.1 Å². The van der Waals surface area contributed by atoms with Crippen LogP contribution in [0, 0.1) is 0 Å². The number of amides is 1. The van der Waals surface area contributed by atoms with Gasteiger partial charge >= 0.3 is 0 Å². The number of hydrogen-bond donors (Lipinski definition) is 1. The summed E-state index contributed by atoms with van der Waals surface area (Å²) in [5.74, 6) is -0.106. The van der Waals surface area contributed by atoms with Crippen LogP contribution in [0.2, 0.25) is 0 Å². The highest BCUT2D eigenvalue weighted by molar-refractivity contribution is 6.13. The van der Waals surface area contributed by atoms with E-state index in [9.17, 15) is 9.90 Å². The summed E-state index contributed by atoms with van der Waals surface area (Å²) in [5.41, 5.74) is -0.0197. The Morgan fingerprint density at radius 1 is 1.16 bits per heavy atom. The van der Waals surface area contributed by atoms with Crippen LogP contribution in [-0.2, 0) is 10.4 Å². The summed E-state index contributed by atoms with van der Waals surface area (Å²) >= 11 is 0. The second-order valence-corrected chi connectivity index (χ2v) is 5.86. The van der Waals surface area contributed by atoms with E-state index in [1.54, 1.807) is 31.3 Å². The Morgan fingerprint density at radius 2 is 1.84 bits per heavy atom. The smallest absolute Gasteiger partial charge is 0.268 e. The lowest BCUT2D eigenvalue weighted by molar-refractivity contribution is -0.130. The summed E-state index contributed by atoms with van der Waals surface area (Å²) < 4.78 is 5.27. The lowest BCUT2D eigenvalue weighted by Gasteiger charge is -2.22. The molecule has 0 aliphatic carbocycles. The molecule has 1 aliphatic heterocycles. The summed E-state index contributed by atoms with van der Waals surface area (Å²) in [4.78, 5) is 18.4. The molecule has 4 rings (SSSR count). The minimum Gasteiger partial charge on any atom is -0.372 e. The molecule has 0 spiro atoms. The number of rotatable bonds is 3. The molecule has 6 heteroatoms. The highest BCUT2D eigenvalue weighted by atomic mass is 16.5. The van der Waals surface area contributed by atoms with E-state index in [4.69, 9.17) is 4.52 Å². The van der Waals surface area contributed by atoms with Crippen LogP contribution in [0.25, 0.3) is 17.0 Å². The Bertz CT molecular complexity index is 980. The molecule has 124 valence electrons. The van der Waals surface area contributed by atoms with Gasteiger partial charge in [-0.05, 0) is 6.07 Å². The molecule has 1 unspecified atom stereocenters. The molecule has 1 amide bonds. The standard InChI is InChI=1S/C19H15N3O3/c1-12(17-20-16(21-25-17)13-8-4-3-5-9-13)19(24)14-10-6-7-11-15(14)22(2)18(19)23/h3-11,24H,1H2,2H3. The summed E-state index contributed by atoms with van der Waals surface area (Å²) in [7, 11) is 1.61. The summed E-state index contributed by atoms with van der Waals surface area (Å²) in [6, 6.07) is 16.3. The third-order valence-electron chi connectivity index (χ3n) is 4.42. The third kappa shape index (κ3) is 2.11. The Hall–Kier alpha value is -3.25. The van der Waals surface area contributed by atoms with Crippen LogP contribution in [0.1, 0.15) is 11.5 Å². The highest BCUT2D eigenvalue weighted by Crippen LogP contribution is 2.46. The molecular formula is C19H15N3O3. The van der Waals surface area contributed by atoms with Gasteiger partial charge in [-0.2, -0.15) is 4.98 Å². The molecule has 1 aromatic heterocycles. The second kappa shape index (κ2) is 5.39. The Kier molecular flexibility index (Phi) is 3.30. The molecular weight excluding hydrogens is 318 g/mol. The maximum atomic E-state index is 12.7. The van der Waals surface area contributed by atoms with Crippen molar-refractivity contribution >= 4 is 17.2 Å². The van der Waals surface area contributed by atoms with E-state index >= 15 is 0 Å². The Morgan fingerprint density at radius 3 is 2.60 bits per heavy atom. The number of aliphatic hydroxyl groups is 1. The van der Waals surface area contributed by atoms with E-state index in [0.717, 1.165) is 5.56 Å². The second-order valence-electron chi connectivity index (χ2n) is 5.86. The fourth-order valence-corrected chi connectivity index (χ4v) is 3.04. The topological polar surface area (TPSA) is 79.5 Å². The van der Waals surface area contributed by atoms with Gasteiger partial charge in [-0.15, -0.1) is 0 Å². The fourth-order valence-electron chi connectivity index (χ4n) is 3.04. The zero-order valence-corrected chi connectivity index (χ0v) is 13.5. The van der Waals surface area contributed by atoms with Crippen LogP contribution in [0.4, 0.5) is 5.69 Å². The molecule has 1 atom stereocenters. The van der Waals surface area contributed by atoms with Crippen molar-refractivity contribution in [3.05, 3.63) is 72.6 Å². The molecule has 6 nitrogen and oxygen atoms in total. The molecule has 2 aromatic carbocycles. The van der Waals surface area contributed by atoms with E-state index in [-0.39, 0.29) is 11.5 Å². The molecule has 1 aliphatic rings. The first-order valence-corrected chi connectivity index (χ1v) is 7.72. The predicted molar refractivity (Wildman–Crippen MR) is 92.5 cm³/mol. The van der Waals surface area contributed by atoms with Gasteiger partial charge in [0.1, 0.15) is 0 Å². The van der Waals surface area contributed by atoms with Crippen molar-refractivity contribution in [2.45, 2.75) is 5.60 Å². The van der Waals surface area contributed by atoms with Gasteiger partial charge in [-0.1, -0.05) is 60.3 Å². The molecule has 2 heterocycles. The zero-order chi connectivity index (χ0) is 17.6. The molecule has 0 fully saturated rings. The first-order chi connectivity index (χ1) is 12.0. The van der Waals surface area contributed by atoms with E-state index in [2.05, 4.69) is 16.7 Å². The van der Waals surface area contributed by atoms with Crippen molar-refractivity contribution in [1.29, 1.82) is 0 Å². The van der Waals surface area contributed by atoms with Crippen LogP contribution < -0.4 is 4.90 Å². The lowest BCUT2D eigenvalue weighted by atomic mass is 9.88. The maximum Gasteiger partial charge on any atom is 0.268 e. The molecule has 0 saturated carbocycles. The minimum absolute atomic E-state index is 0.0276. The Labute approximate surface area is 144 Å². The van der Waals surface area contributed by atoms with Gasteiger partial charge in [0.25, 0.3) is 11.8 Å². The van der Waals surface area contributed by atoms with Crippen LogP contribution >= 0.6 is 0 Å². The van der Waals surface area contributed by atoms with Crippen molar-refractivity contribution < 1.29 is 14.4 Å². The van der Waals surface area contributed by atoms with Crippen molar-refractivity contribution in [3.8, 4) is 11.4 Å². The molecule has 0 bridgehead atoms. The molecule has 25 heavy (non-hydrogen) atoms. The van der Waals surface area contributed by atoms with Crippen molar-refractivity contribution in [2.24, 2.45) is 0 Å². The monoisotopic (exact) mass is 333 g/mol. The number of aromatic nitrogens is 2. The summed E-state index contributed by atoms with van der Waals surface area (Å²) in [5, 5.41) is 15.1. The Balaban J connectivity index is 1.77. The molecule has 3 aromatic rings. The van der Waals surface area contributed by atoms with Crippen molar-refractivity contribution in [2.75, 3.05) is 11.9 Å². The number of carbonyl (C=O) groups excluding carboxylic acids is 1. The molecule has 1 N–H and O–H groups in total. The number of para-hydroxylation sites is 1. The van der Waals surface area contributed by atoms with Gasteiger partial charge < -0.3 is 14.5 Å². The number of benzene rings is 2. The lowest BCUT2D eigenvalue weighted by Crippen LogP contribution is -2.39. The van der Waals surface area contributed by atoms with Gasteiger partial charge in [-0.3, -0.25) is 4.79 Å². The summed E-state index contributed by atoms with van der Waals surface area (Å²) in [6.45, 7) is 3.88. The van der Waals surface area contributed by atoms with E-state index in [1.807, 2.05) is 30.3 Å². The first-order valence-electron chi connectivity index (χ1n) is 7.72. The van der Waals surface area contributed by atoms with Gasteiger partial charge in [0, 0.05) is 18.2 Å². The number of fused-ring (bicyclic) bond motifs is 1. The van der Waals surface area contributed by atoms with Crippen LogP contribution in [0.3, 0.4) is 0 Å². The van der Waals surface area contributed by atoms with E-state index in [1.165, 1.54) is 4.90 Å². The predicted octanol–water partition coefficient (Wildman–Crippen LogP) is 2.61. The third-order valence-corrected chi connectivity index (χ3v) is 4.42. The normalized spacial score (nSPS) is 19.1. The van der Waals surface area contributed by atoms with E-state index < -0.39 is 11.5 Å². The van der Waals surface area contributed by atoms with Gasteiger partial charge in [0.15, 0.2) is 0 Å². The van der Waals surface area contributed by atoms with Crippen LogP contribution in [0.5, 0.6) is 0 Å². The number of anilines is 1. The number of nitrogens with zero attached hydrogens (tertiary/aromatic N) is 3. The highest BCUT2D eigenvalue weighted by Gasteiger charge is 2.52. The minimum atomic E-state index is -1.92. The zero-order valence-electron chi connectivity index (χ0n) is 13.5. The fraction of sp³-hybridized carbons (Fsp3) is 0.105. The SMILES string of the molecule is C=C(c1nc(-c2ccccc2)no1)C1(O)C(=O)N(C)c2ccccc21. The average molecular weight is 333 g/mol. The number of hydrogen-bond acceptors (Lipinski definition) is 5. The first kappa shape index (κ1) is 15.3. The quantitative estimate of drug-likeness (QED) is 0.797. The maximum absolute atomic E-state index is 12.7.